The van der Waals surface area contributed by atoms with Gasteiger partial charge in [-0.05, 0) is 23.3 Å². The van der Waals surface area contributed by atoms with Gasteiger partial charge >= 0.3 is 0 Å². The largest absolute Gasteiger partial charge is 0.619 e. The number of carbonyl (C=O) groups excluding carboxylic acids is 1. The second-order valence-electron chi connectivity index (χ2n) is 5.50. The van der Waals surface area contributed by atoms with Crippen molar-refractivity contribution in [2.75, 3.05) is 0 Å². The van der Waals surface area contributed by atoms with Gasteiger partial charge < -0.3 is 15.3 Å². The summed E-state index contributed by atoms with van der Waals surface area (Å²) < 4.78 is 6.43. The molecule has 25 heavy (non-hydrogen) atoms. The van der Waals surface area contributed by atoms with Gasteiger partial charge in [0.2, 0.25) is 0 Å². The molecule has 1 N–H and O–H groups in total. The highest BCUT2D eigenvalue weighted by molar-refractivity contribution is 5.93. The smallest absolute Gasteiger partial charge is 0.252 e. The van der Waals surface area contributed by atoms with Crippen molar-refractivity contribution >= 4 is 5.91 Å². The second-order valence-corrected chi connectivity index (χ2v) is 5.50. The minimum absolute atomic E-state index is 0.223. The lowest BCUT2D eigenvalue weighted by Crippen LogP contribution is -2.27. The van der Waals surface area contributed by atoms with Crippen LogP contribution in [0.1, 0.15) is 21.5 Å². The fraction of sp³-hybridized carbons (Fsp3) is 0.100. The highest BCUT2D eigenvalue weighted by Gasteiger charge is 2.08. The van der Waals surface area contributed by atoms with E-state index in [0.717, 1.165) is 16.9 Å². The number of amides is 1. The number of hydrogen-bond donors (Lipinski definition) is 1. The van der Waals surface area contributed by atoms with Crippen molar-refractivity contribution in [3.8, 4) is 5.75 Å². The number of hydrogen-bond acceptors (Lipinski definition) is 3. The van der Waals surface area contributed by atoms with Gasteiger partial charge in [0, 0.05) is 18.7 Å². The Morgan fingerprint density at radius 3 is 2.28 bits per heavy atom. The van der Waals surface area contributed by atoms with Crippen LogP contribution in [0.4, 0.5) is 0 Å². The SMILES string of the molecule is O=C(NCc1ccccc1COc1ccccc1)c1cc[n+]([O-])cc1. The minimum atomic E-state index is -0.223. The molecule has 0 saturated heterocycles. The van der Waals surface area contributed by atoms with E-state index in [-0.39, 0.29) is 5.91 Å². The summed E-state index contributed by atoms with van der Waals surface area (Å²) in [5, 5.41) is 13.9. The van der Waals surface area contributed by atoms with Gasteiger partial charge in [-0.15, -0.1) is 0 Å². The normalized spacial score (nSPS) is 10.2. The van der Waals surface area contributed by atoms with E-state index >= 15 is 0 Å². The first-order valence-electron chi connectivity index (χ1n) is 7.94. The third kappa shape index (κ3) is 4.57. The Bertz CT molecular complexity index is 833. The fourth-order valence-corrected chi connectivity index (χ4v) is 2.39. The Morgan fingerprint density at radius 1 is 0.920 bits per heavy atom. The standard InChI is InChI=1S/C20H18N2O3/c23-20(16-10-12-22(24)13-11-16)21-14-17-6-4-5-7-18(17)15-25-19-8-2-1-3-9-19/h1-13H,14-15H2,(H,21,23). The lowest BCUT2D eigenvalue weighted by molar-refractivity contribution is -0.605. The monoisotopic (exact) mass is 334 g/mol. The van der Waals surface area contributed by atoms with Crippen LogP contribution in [-0.4, -0.2) is 5.91 Å². The summed E-state index contributed by atoms with van der Waals surface area (Å²) in [6.45, 7) is 0.816. The molecule has 0 unspecified atom stereocenters. The minimum Gasteiger partial charge on any atom is -0.619 e. The van der Waals surface area contributed by atoms with Crippen molar-refractivity contribution in [3.63, 3.8) is 0 Å². The third-order valence-electron chi connectivity index (χ3n) is 3.76. The first-order valence-corrected chi connectivity index (χ1v) is 7.94. The maximum Gasteiger partial charge on any atom is 0.252 e. The molecule has 0 atom stereocenters. The Balaban J connectivity index is 1.62. The van der Waals surface area contributed by atoms with E-state index in [1.165, 1.54) is 24.5 Å². The number of nitrogens with one attached hydrogen (secondary N) is 1. The van der Waals surface area contributed by atoms with Gasteiger partial charge in [0.15, 0.2) is 12.4 Å². The van der Waals surface area contributed by atoms with E-state index in [9.17, 15) is 10.0 Å². The Labute approximate surface area is 146 Å². The predicted octanol–water partition coefficient (Wildman–Crippen LogP) is 2.83. The maximum absolute atomic E-state index is 12.2. The number of nitrogens with zero attached hydrogens (tertiary/aromatic N) is 1. The molecular formula is C20H18N2O3. The maximum atomic E-state index is 12.2. The molecule has 0 radical (unpaired) electrons. The number of aromatic nitrogens is 1. The summed E-state index contributed by atoms with van der Waals surface area (Å²) >= 11 is 0. The molecule has 0 aliphatic heterocycles. The molecule has 3 aromatic rings. The summed E-state index contributed by atoms with van der Waals surface area (Å²) in [5.74, 6) is 0.580. The summed E-state index contributed by atoms with van der Waals surface area (Å²) in [5.41, 5.74) is 2.45. The van der Waals surface area contributed by atoms with E-state index < -0.39 is 0 Å². The van der Waals surface area contributed by atoms with Crippen LogP contribution >= 0.6 is 0 Å². The van der Waals surface area contributed by atoms with Gasteiger partial charge in [-0.3, -0.25) is 4.79 Å². The van der Waals surface area contributed by atoms with Crippen LogP contribution in [0.25, 0.3) is 0 Å². The van der Waals surface area contributed by atoms with Crippen molar-refractivity contribution in [1.82, 2.24) is 5.32 Å². The summed E-state index contributed by atoms with van der Waals surface area (Å²) in [6.07, 6.45) is 2.60. The molecule has 5 nitrogen and oxygen atoms in total. The molecule has 1 heterocycles. The van der Waals surface area contributed by atoms with Gasteiger partial charge in [0.1, 0.15) is 12.4 Å². The molecule has 0 fully saturated rings. The van der Waals surface area contributed by atoms with Crippen LogP contribution in [-0.2, 0) is 13.2 Å². The first kappa shape index (κ1) is 16.5. The molecule has 0 aliphatic carbocycles. The zero-order valence-corrected chi connectivity index (χ0v) is 13.6. The molecule has 3 rings (SSSR count). The molecule has 0 saturated carbocycles. The molecule has 0 bridgehead atoms. The van der Waals surface area contributed by atoms with Crippen molar-refractivity contribution in [1.29, 1.82) is 0 Å². The topological polar surface area (TPSA) is 65.3 Å². The molecular weight excluding hydrogens is 316 g/mol. The Hall–Kier alpha value is -3.34. The Morgan fingerprint density at radius 2 is 1.56 bits per heavy atom. The number of carbonyl (C=O) groups is 1. The van der Waals surface area contributed by atoms with E-state index in [1.807, 2.05) is 54.6 Å². The number of para-hydroxylation sites is 1. The van der Waals surface area contributed by atoms with Crippen LogP contribution in [0.15, 0.2) is 79.1 Å². The highest BCUT2D eigenvalue weighted by Crippen LogP contribution is 2.14. The van der Waals surface area contributed by atoms with E-state index in [0.29, 0.717) is 23.4 Å². The van der Waals surface area contributed by atoms with Crippen molar-refractivity contribution < 1.29 is 14.3 Å². The van der Waals surface area contributed by atoms with E-state index in [4.69, 9.17) is 4.74 Å². The van der Waals surface area contributed by atoms with Crippen molar-refractivity contribution in [3.05, 3.63) is 101 Å². The number of pyridine rings is 1. The molecule has 1 amide bonds. The zero-order valence-electron chi connectivity index (χ0n) is 13.6. The molecule has 1 aromatic heterocycles. The van der Waals surface area contributed by atoms with Crippen molar-refractivity contribution in [2.45, 2.75) is 13.2 Å². The van der Waals surface area contributed by atoms with Crippen LogP contribution in [0, 0.1) is 5.21 Å². The van der Waals surface area contributed by atoms with Gasteiger partial charge in [-0.1, -0.05) is 42.5 Å². The average Bonchev–Trinajstić information content (AvgIpc) is 2.66. The number of benzene rings is 2. The van der Waals surface area contributed by atoms with Crippen LogP contribution in [0.3, 0.4) is 0 Å². The molecule has 126 valence electrons. The van der Waals surface area contributed by atoms with Crippen LogP contribution in [0.2, 0.25) is 0 Å². The first-order chi connectivity index (χ1) is 12.2. The molecule has 2 aromatic carbocycles. The molecule has 0 spiro atoms. The quantitative estimate of drug-likeness (QED) is 0.557. The second kappa shape index (κ2) is 7.97. The lowest BCUT2D eigenvalue weighted by atomic mass is 10.1. The summed E-state index contributed by atoms with van der Waals surface area (Å²) in [7, 11) is 0. The Kier molecular flexibility index (Phi) is 5.26. The lowest BCUT2D eigenvalue weighted by Gasteiger charge is -2.12. The zero-order chi connectivity index (χ0) is 17.5. The number of rotatable bonds is 6. The van der Waals surface area contributed by atoms with Crippen molar-refractivity contribution in [2.24, 2.45) is 0 Å². The molecule has 0 aliphatic rings. The van der Waals surface area contributed by atoms with Gasteiger partial charge in [-0.25, -0.2) is 0 Å². The molecule has 5 heteroatoms. The predicted molar refractivity (Wildman–Crippen MR) is 93.8 cm³/mol. The van der Waals surface area contributed by atoms with Gasteiger partial charge in [-0.2, -0.15) is 4.73 Å². The third-order valence-corrected chi connectivity index (χ3v) is 3.76. The summed E-state index contributed by atoms with van der Waals surface area (Å²) in [6, 6.07) is 20.4. The van der Waals surface area contributed by atoms with E-state index in [2.05, 4.69) is 5.32 Å². The van der Waals surface area contributed by atoms with Gasteiger partial charge in [0.05, 0.1) is 5.56 Å². The summed E-state index contributed by atoms with van der Waals surface area (Å²) in [4.78, 5) is 12.2. The fourth-order valence-electron chi connectivity index (χ4n) is 2.39. The number of ether oxygens (including phenoxy) is 1. The van der Waals surface area contributed by atoms with Gasteiger partial charge in [0.25, 0.3) is 5.91 Å². The average molecular weight is 334 g/mol. The van der Waals surface area contributed by atoms with E-state index in [1.54, 1.807) is 0 Å². The van der Waals surface area contributed by atoms with Crippen LogP contribution < -0.4 is 14.8 Å². The van der Waals surface area contributed by atoms with Crippen LogP contribution in [0.5, 0.6) is 5.75 Å². The highest BCUT2D eigenvalue weighted by atomic mass is 16.5.